The van der Waals surface area contributed by atoms with Crippen molar-refractivity contribution in [3.8, 4) is 0 Å². The second-order valence-corrected chi connectivity index (χ2v) is 6.29. The van der Waals surface area contributed by atoms with Crippen molar-refractivity contribution in [2.45, 2.75) is 52.2 Å². The van der Waals surface area contributed by atoms with Crippen LogP contribution in [0.5, 0.6) is 0 Å². The average molecular weight is 281 g/mol. The molecular weight excluding hydrogens is 256 g/mol. The minimum atomic E-state index is 0.657. The molecule has 1 aliphatic rings. The Bertz CT molecular complexity index is 409. The molecule has 1 aromatic rings. The first-order valence-corrected chi connectivity index (χ1v) is 7.66. The Hall–Kier alpha value is -0.570. The molecule has 1 aromatic carbocycles. The van der Waals surface area contributed by atoms with Gasteiger partial charge in [-0.3, -0.25) is 0 Å². The number of nitrogens with one attached hydrogen (secondary N) is 1. The van der Waals surface area contributed by atoms with E-state index in [0.717, 1.165) is 11.6 Å². The molecule has 0 spiro atoms. The molecule has 0 atom stereocenters. The lowest BCUT2D eigenvalue weighted by Crippen LogP contribution is -2.44. The molecule has 0 unspecified atom stereocenters. The highest BCUT2D eigenvalue weighted by Crippen LogP contribution is 2.17. The molecular formula is C16H25ClN2. The van der Waals surface area contributed by atoms with Gasteiger partial charge in [-0.1, -0.05) is 17.7 Å². The van der Waals surface area contributed by atoms with Gasteiger partial charge in [-0.25, -0.2) is 0 Å². The van der Waals surface area contributed by atoms with E-state index in [1.54, 1.807) is 0 Å². The monoisotopic (exact) mass is 280 g/mol. The highest BCUT2D eigenvalue weighted by molar-refractivity contribution is 6.30. The van der Waals surface area contributed by atoms with Gasteiger partial charge < -0.3 is 10.2 Å². The summed E-state index contributed by atoms with van der Waals surface area (Å²) in [6.45, 7) is 10.1. The topological polar surface area (TPSA) is 15.3 Å². The first kappa shape index (κ1) is 14.8. The van der Waals surface area contributed by atoms with Crippen LogP contribution in [0.1, 0.15) is 37.8 Å². The van der Waals surface area contributed by atoms with Gasteiger partial charge in [-0.05, 0) is 70.0 Å². The van der Waals surface area contributed by atoms with Crippen molar-refractivity contribution >= 4 is 11.6 Å². The smallest absolute Gasteiger partial charge is 0.0408 e. The zero-order chi connectivity index (χ0) is 13.8. The predicted octanol–water partition coefficient (Wildman–Crippen LogP) is 3.61. The third kappa shape index (κ3) is 4.20. The van der Waals surface area contributed by atoms with E-state index in [1.807, 2.05) is 12.1 Å². The molecule has 0 aliphatic carbocycles. The third-order valence-corrected chi connectivity index (χ3v) is 4.38. The molecule has 3 heteroatoms. The minimum Gasteiger partial charge on any atom is -0.310 e. The van der Waals surface area contributed by atoms with E-state index in [9.17, 15) is 0 Å². The summed E-state index contributed by atoms with van der Waals surface area (Å²) in [6, 6.07) is 7.49. The van der Waals surface area contributed by atoms with Crippen LogP contribution in [0.25, 0.3) is 0 Å². The lowest BCUT2D eigenvalue weighted by molar-refractivity contribution is 0.161. The number of rotatable bonds is 4. The number of halogens is 1. The van der Waals surface area contributed by atoms with E-state index in [4.69, 9.17) is 11.6 Å². The summed E-state index contributed by atoms with van der Waals surface area (Å²) in [5.74, 6) is 0. The van der Waals surface area contributed by atoms with Gasteiger partial charge in [-0.15, -0.1) is 0 Å². The van der Waals surface area contributed by atoms with Gasteiger partial charge in [0.1, 0.15) is 0 Å². The van der Waals surface area contributed by atoms with Crippen molar-refractivity contribution < 1.29 is 0 Å². The molecule has 0 aromatic heterocycles. The minimum absolute atomic E-state index is 0.657. The largest absolute Gasteiger partial charge is 0.310 e. The Morgan fingerprint density at radius 1 is 1.32 bits per heavy atom. The Morgan fingerprint density at radius 2 is 2.00 bits per heavy atom. The fraction of sp³-hybridized carbons (Fsp3) is 0.625. The molecule has 1 N–H and O–H groups in total. The van der Waals surface area contributed by atoms with E-state index in [0.29, 0.717) is 12.1 Å². The lowest BCUT2D eigenvalue weighted by Gasteiger charge is -2.35. The van der Waals surface area contributed by atoms with E-state index in [-0.39, 0.29) is 0 Å². The molecule has 0 radical (unpaired) electrons. The summed E-state index contributed by atoms with van der Waals surface area (Å²) in [6.07, 6.45) is 2.51. The predicted molar refractivity (Wildman–Crippen MR) is 82.8 cm³/mol. The first-order chi connectivity index (χ1) is 9.06. The van der Waals surface area contributed by atoms with Crippen LogP contribution in [0.2, 0.25) is 5.02 Å². The van der Waals surface area contributed by atoms with Crippen LogP contribution < -0.4 is 5.32 Å². The van der Waals surface area contributed by atoms with Crippen LogP contribution in [-0.2, 0) is 6.54 Å². The third-order valence-electron chi connectivity index (χ3n) is 4.15. The van der Waals surface area contributed by atoms with Gasteiger partial charge in [0.25, 0.3) is 0 Å². The van der Waals surface area contributed by atoms with Crippen LogP contribution in [-0.4, -0.2) is 30.1 Å². The maximum atomic E-state index is 5.99. The maximum absolute atomic E-state index is 5.99. The summed E-state index contributed by atoms with van der Waals surface area (Å²) < 4.78 is 0. The summed E-state index contributed by atoms with van der Waals surface area (Å²) in [5.41, 5.74) is 2.63. The summed E-state index contributed by atoms with van der Waals surface area (Å²) >= 11 is 5.99. The number of aryl methyl sites for hydroxylation is 1. The zero-order valence-electron chi connectivity index (χ0n) is 12.2. The lowest BCUT2D eigenvalue weighted by atomic mass is 10.0. The molecule has 2 nitrogen and oxygen atoms in total. The molecule has 0 bridgehead atoms. The number of likely N-dealkylation sites (tertiary alicyclic amines) is 1. The van der Waals surface area contributed by atoms with E-state index in [1.165, 1.54) is 37.1 Å². The summed E-state index contributed by atoms with van der Waals surface area (Å²) in [5, 5.41) is 4.51. The molecule has 0 amide bonds. The van der Waals surface area contributed by atoms with E-state index in [2.05, 4.69) is 37.1 Å². The Morgan fingerprint density at radius 3 is 2.58 bits per heavy atom. The number of benzene rings is 1. The maximum Gasteiger partial charge on any atom is 0.0408 e. The highest BCUT2D eigenvalue weighted by atomic mass is 35.5. The Labute approximate surface area is 122 Å². The van der Waals surface area contributed by atoms with Crippen LogP contribution in [0.3, 0.4) is 0 Å². The van der Waals surface area contributed by atoms with Crippen molar-refractivity contribution in [3.63, 3.8) is 0 Å². The molecule has 1 aliphatic heterocycles. The van der Waals surface area contributed by atoms with Crippen molar-refractivity contribution in [2.75, 3.05) is 13.1 Å². The zero-order valence-corrected chi connectivity index (χ0v) is 13.0. The van der Waals surface area contributed by atoms with Gasteiger partial charge in [0, 0.05) is 23.7 Å². The van der Waals surface area contributed by atoms with E-state index >= 15 is 0 Å². The summed E-state index contributed by atoms with van der Waals surface area (Å²) in [4.78, 5) is 2.56. The van der Waals surface area contributed by atoms with Gasteiger partial charge >= 0.3 is 0 Å². The second-order valence-electron chi connectivity index (χ2n) is 5.86. The fourth-order valence-corrected chi connectivity index (χ4v) is 2.96. The number of hydrogen-bond donors (Lipinski definition) is 1. The van der Waals surface area contributed by atoms with Crippen molar-refractivity contribution in [3.05, 3.63) is 34.3 Å². The first-order valence-electron chi connectivity index (χ1n) is 7.28. The van der Waals surface area contributed by atoms with Crippen LogP contribution >= 0.6 is 11.6 Å². The number of hydrogen-bond acceptors (Lipinski definition) is 2. The fourth-order valence-electron chi connectivity index (χ4n) is 2.73. The van der Waals surface area contributed by atoms with Crippen molar-refractivity contribution in [1.29, 1.82) is 0 Å². The molecule has 1 saturated heterocycles. The molecule has 0 saturated carbocycles. The Balaban J connectivity index is 1.80. The van der Waals surface area contributed by atoms with Crippen molar-refractivity contribution in [2.24, 2.45) is 0 Å². The van der Waals surface area contributed by atoms with Crippen LogP contribution in [0.15, 0.2) is 18.2 Å². The number of piperidine rings is 1. The molecule has 19 heavy (non-hydrogen) atoms. The van der Waals surface area contributed by atoms with Gasteiger partial charge in [-0.2, -0.15) is 0 Å². The molecule has 106 valence electrons. The van der Waals surface area contributed by atoms with Crippen molar-refractivity contribution in [1.82, 2.24) is 10.2 Å². The normalized spacial score (nSPS) is 18.2. The SMILES string of the molecule is Cc1cc(Cl)ccc1CNC1CCN(C(C)C)CC1. The standard InChI is InChI=1S/C16H25ClN2/c1-12(2)19-8-6-16(7-9-19)18-11-14-4-5-15(17)10-13(14)3/h4-5,10,12,16,18H,6-9,11H2,1-3H3. The Kier molecular flexibility index (Phi) is 5.26. The molecule has 1 heterocycles. The van der Waals surface area contributed by atoms with Gasteiger partial charge in [0.2, 0.25) is 0 Å². The van der Waals surface area contributed by atoms with Gasteiger partial charge in [0.05, 0.1) is 0 Å². The van der Waals surface area contributed by atoms with E-state index < -0.39 is 0 Å². The average Bonchev–Trinajstić information content (AvgIpc) is 2.38. The quantitative estimate of drug-likeness (QED) is 0.906. The molecule has 2 rings (SSSR count). The number of nitrogens with zero attached hydrogens (tertiary/aromatic N) is 1. The second kappa shape index (κ2) is 6.74. The molecule has 1 fully saturated rings. The van der Waals surface area contributed by atoms with Gasteiger partial charge in [0.15, 0.2) is 0 Å². The summed E-state index contributed by atoms with van der Waals surface area (Å²) in [7, 11) is 0. The highest BCUT2D eigenvalue weighted by Gasteiger charge is 2.20. The van der Waals surface area contributed by atoms with Crippen LogP contribution in [0.4, 0.5) is 0 Å². The van der Waals surface area contributed by atoms with Crippen LogP contribution in [0, 0.1) is 6.92 Å².